The molecule has 0 fully saturated rings. The first-order valence-electron chi connectivity index (χ1n) is 5.04. The molecule has 0 aliphatic rings. The summed E-state index contributed by atoms with van der Waals surface area (Å²) in [5.74, 6) is 1.84. The van der Waals surface area contributed by atoms with Crippen LogP contribution in [0.4, 0.5) is 0 Å². The number of carbonyl (C=O) groups excluding carboxylic acids is 2. The van der Waals surface area contributed by atoms with Crippen LogP contribution >= 0.6 is 0 Å². The zero-order chi connectivity index (χ0) is 12.8. The predicted octanol–water partition coefficient (Wildman–Crippen LogP) is -0.775. The number of hydrogen-bond acceptors (Lipinski definition) is 3. The summed E-state index contributed by atoms with van der Waals surface area (Å²) in [6.45, 7) is 3.70. The van der Waals surface area contributed by atoms with E-state index in [1.807, 2.05) is 0 Å². The molecule has 1 unspecified atom stereocenters. The van der Waals surface area contributed by atoms with Crippen LogP contribution in [0.15, 0.2) is 0 Å². The van der Waals surface area contributed by atoms with E-state index in [1.165, 1.54) is 0 Å². The molecule has 0 aromatic carbocycles. The van der Waals surface area contributed by atoms with Crippen molar-refractivity contribution in [3.8, 4) is 12.3 Å². The van der Waals surface area contributed by atoms with Crippen LogP contribution in [0.25, 0.3) is 0 Å². The van der Waals surface area contributed by atoms with Gasteiger partial charge in [0.1, 0.15) is 0 Å². The second-order valence-corrected chi connectivity index (χ2v) is 4.20. The largest absolute Gasteiger partial charge is 0.359 e. The van der Waals surface area contributed by atoms with Gasteiger partial charge in [0.25, 0.3) is 0 Å². The standard InChI is InChI=1S/C11H19N3O2/c1-5-6-8(12)9(15)14-7-11(2,3)10(16)13-4/h1,8H,6-7,12H2,2-4H3,(H,13,16)(H,14,15). The normalized spacial score (nSPS) is 12.4. The highest BCUT2D eigenvalue weighted by Crippen LogP contribution is 2.13. The van der Waals surface area contributed by atoms with Gasteiger partial charge in [-0.25, -0.2) is 0 Å². The van der Waals surface area contributed by atoms with Gasteiger partial charge in [0.2, 0.25) is 11.8 Å². The molecule has 0 heterocycles. The quantitative estimate of drug-likeness (QED) is 0.537. The molecule has 0 radical (unpaired) electrons. The number of terminal acetylenes is 1. The Kier molecular flexibility index (Phi) is 5.54. The average Bonchev–Trinajstić information content (AvgIpc) is 2.25. The summed E-state index contributed by atoms with van der Waals surface area (Å²) >= 11 is 0. The van der Waals surface area contributed by atoms with Gasteiger partial charge in [-0.05, 0) is 13.8 Å². The Bertz CT molecular complexity index is 305. The maximum Gasteiger partial charge on any atom is 0.237 e. The predicted molar refractivity (Wildman–Crippen MR) is 62.3 cm³/mol. The fraction of sp³-hybridized carbons (Fsp3) is 0.636. The number of nitrogens with one attached hydrogen (secondary N) is 2. The fourth-order valence-electron chi connectivity index (χ4n) is 1.08. The first-order chi connectivity index (χ1) is 7.35. The summed E-state index contributed by atoms with van der Waals surface area (Å²) in [4.78, 5) is 22.8. The molecule has 0 bridgehead atoms. The van der Waals surface area contributed by atoms with Gasteiger partial charge in [0.15, 0.2) is 0 Å². The van der Waals surface area contributed by atoms with Crippen molar-refractivity contribution in [2.45, 2.75) is 26.3 Å². The molecule has 0 aliphatic carbocycles. The number of carbonyl (C=O) groups is 2. The van der Waals surface area contributed by atoms with Crippen LogP contribution in [-0.2, 0) is 9.59 Å². The molecule has 0 rings (SSSR count). The molecule has 0 saturated carbocycles. The average molecular weight is 225 g/mol. The lowest BCUT2D eigenvalue weighted by Gasteiger charge is -2.23. The van der Waals surface area contributed by atoms with E-state index >= 15 is 0 Å². The third-order valence-corrected chi connectivity index (χ3v) is 2.22. The Hall–Kier alpha value is -1.54. The topological polar surface area (TPSA) is 84.2 Å². The fourth-order valence-corrected chi connectivity index (χ4v) is 1.08. The summed E-state index contributed by atoms with van der Waals surface area (Å²) in [5.41, 5.74) is 4.84. The van der Waals surface area contributed by atoms with Gasteiger partial charge in [-0.2, -0.15) is 0 Å². The minimum Gasteiger partial charge on any atom is -0.359 e. The smallest absolute Gasteiger partial charge is 0.237 e. The van der Waals surface area contributed by atoms with Crippen molar-refractivity contribution in [1.29, 1.82) is 0 Å². The van der Waals surface area contributed by atoms with E-state index in [4.69, 9.17) is 12.2 Å². The summed E-state index contributed by atoms with van der Waals surface area (Å²) < 4.78 is 0. The SMILES string of the molecule is C#CCC(N)C(=O)NCC(C)(C)C(=O)NC. The molecule has 4 N–H and O–H groups in total. The van der Waals surface area contributed by atoms with Crippen LogP contribution in [0.5, 0.6) is 0 Å². The number of rotatable bonds is 5. The van der Waals surface area contributed by atoms with Gasteiger partial charge < -0.3 is 16.4 Å². The highest BCUT2D eigenvalue weighted by atomic mass is 16.2. The molecule has 0 saturated heterocycles. The molecule has 0 spiro atoms. The lowest BCUT2D eigenvalue weighted by atomic mass is 9.92. The number of amides is 2. The summed E-state index contributed by atoms with van der Waals surface area (Å²) in [5, 5.41) is 5.13. The third kappa shape index (κ3) is 4.32. The van der Waals surface area contributed by atoms with E-state index < -0.39 is 11.5 Å². The third-order valence-electron chi connectivity index (χ3n) is 2.22. The van der Waals surface area contributed by atoms with E-state index in [-0.39, 0.29) is 24.8 Å². The molecule has 90 valence electrons. The van der Waals surface area contributed by atoms with Gasteiger partial charge >= 0.3 is 0 Å². The van der Waals surface area contributed by atoms with Crippen molar-refractivity contribution in [1.82, 2.24) is 10.6 Å². The zero-order valence-corrected chi connectivity index (χ0v) is 9.96. The Balaban J connectivity index is 4.20. The number of hydrogen-bond donors (Lipinski definition) is 3. The molecule has 0 aromatic rings. The molecular formula is C11H19N3O2. The zero-order valence-electron chi connectivity index (χ0n) is 9.96. The van der Waals surface area contributed by atoms with Crippen LogP contribution < -0.4 is 16.4 Å². The Morgan fingerprint density at radius 3 is 2.50 bits per heavy atom. The van der Waals surface area contributed by atoms with Crippen molar-refractivity contribution >= 4 is 11.8 Å². The monoisotopic (exact) mass is 225 g/mol. The maximum absolute atomic E-state index is 11.4. The molecule has 5 heteroatoms. The lowest BCUT2D eigenvalue weighted by Crippen LogP contribution is -2.48. The molecule has 0 aliphatic heterocycles. The second-order valence-electron chi connectivity index (χ2n) is 4.20. The van der Waals surface area contributed by atoms with Crippen molar-refractivity contribution in [2.24, 2.45) is 11.1 Å². The van der Waals surface area contributed by atoms with E-state index in [0.717, 1.165) is 0 Å². The maximum atomic E-state index is 11.4. The van der Waals surface area contributed by atoms with Crippen molar-refractivity contribution < 1.29 is 9.59 Å². The Morgan fingerprint density at radius 1 is 1.50 bits per heavy atom. The summed E-state index contributed by atoms with van der Waals surface area (Å²) in [6.07, 6.45) is 5.23. The van der Waals surface area contributed by atoms with E-state index in [0.29, 0.717) is 0 Å². The van der Waals surface area contributed by atoms with Crippen LogP contribution in [0.1, 0.15) is 20.3 Å². The molecule has 0 aromatic heterocycles. The van der Waals surface area contributed by atoms with Crippen LogP contribution in [0.3, 0.4) is 0 Å². The van der Waals surface area contributed by atoms with Gasteiger partial charge in [-0.3, -0.25) is 9.59 Å². The van der Waals surface area contributed by atoms with Crippen molar-refractivity contribution in [3.05, 3.63) is 0 Å². The highest BCUT2D eigenvalue weighted by molar-refractivity contribution is 5.85. The van der Waals surface area contributed by atoms with Gasteiger partial charge in [0.05, 0.1) is 11.5 Å². The van der Waals surface area contributed by atoms with E-state index in [2.05, 4.69) is 16.6 Å². The Morgan fingerprint density at radius 2 is 2.06 bits per heavy atom. The minimum absolute atomic E-state index is 0.140. The highest BCUT2D eigenvalue weighted by Gasteiger charge is 2.27. The molecule has 16 heavy (non-hydrogen) atoms. The Labute approximate surface area is 96.2 Å². The van der Waals surface area contributed by atoms with Gasteiger partial charge in [-0.1, -0.05) is 0 Å². The van der Waals surface area contributed by atoms with E-state index in [1.54, 1.807) is 20.9 Å². The molecule has 1 atom stereocenters. The molecular weight excluding hydrogens is 206 g/mol. The summed E-state index contributed by atoms with van der Waals surface area (Å²) in [6, 6.07) is -0.717. The van der Waals surface area contributed by atoms with Gasteiger partial charge in [0, 0.05) is 20.0 Å². The first kappa shape index (κ1) is 14.5. The number of nitrogens with two attached hydrogens (primary N) is 1. The summed E-state index contributed by atoms with van der Waals surface area (Å²) in [7, 11) is 1.55. The van der Waals surface area contributed by atoms with Crippen molar-refractivity contribution in [2.75, 3.05) is 13.6 Å². The molecule has 2 amide bonds. The minimum atomic E-state index is -0.717. The lowest BCUT2D eigenvalue weighted by molar-refractivity contribution is -0.129. The van der Waals surface area contributed by atoms with Crippen molar-refractivity contribution in [3.63, 3.8) is 0 Å². The van der Waals surface area contributed by atoms with Crippen LogP contribution in [0, 0.1) is 17.8 Å². The first-order valence-corrected chi connectivity index (χ1v) is 5.04. The van der Waals surface area contributed by atoms with Gasteiger partial charge in [-0.15, -0.1) is 12.3 Å². The van der Waals surface area contributed by atoms with E-state index in [9.17, 15) is 9.59 Å². The van der Waals surface area contributed by atoms with Crippen LogP contribution in [0.2, 0.25) is 0 Å². The second kappa shape index (κ2) is 6.13. The van der Waals surface area contributed by atoms with Crippen LogP contribution in [-0.4, -0.2) is 31.4 Å². The molecule has 5 nitrogen and oxygen atoms in total.